The van der Waals surface area contributed by atoms with E-state index >= 15 is 0 Å². The minimum absolute atomic E-state index is 0.0914. The number of carbonyl (C=O) groups excluding carboxylic acids is 1. The zero-order valence-corrected chi connectivity index (χ0v) is 10.8. The molecule has 1 aromatic rings. The summed E-state index contributed by atoms with van der Waals surface area (Å²) < 4.78 is 0. The Hall–Kier alpha value is -1.06. The van der Waals surface area contributed by atoms with Crippen LogP contribution in [0.15, 0.2) is 18.2 Å². The van der Waals surface area contributed by atoms with E-state index in [0.29, 0.717) is 5.02 Å². The van der Waals surface area contributed by atoms with Gasteiger partial charge in [-0.05, 0) is 37.6 Å². The SMILES string of the molecule is Cc1ccc(Cl)cc1C(=O)N1CCCNCC1. The Balaban J connectivity index is 2.20. The van der Waals surface area contributed by atoms with Gasteiger partial charge in [-0.15, -0.1) is 0 Å². The number of nitrogens with one attached hydrogen (secondary N) is 1. The highest BCUT2D eigenvalue weighted by molar-refractivity contribution is 6.31. The summed E-state index contributed by atoms with van der Waals surface area (Å²) in [7, 11) is 0. The van der Waals surface area contributed by atoms with Crippen LogP contribution in [0.25, 0.3) is 0 Å². The van der Waals surface area contributed by atoms with Gasteiger partial charge in [-0.1, -0.05) is 17.7 Å². The van der Waals surface area contributed by atoms with Gasteiger partial charge in [-0.2, -0.15) is 0 Å². The second-order valence-electron chi connectivity index (χ2n) is 4.35. The molecule has 1 aromatic carbocycles. The van der Waals surface area contributed by atoms with Crippen molar-refractivity contribution >= 4 is 17.5 Å². The Morgan fingerprint density at radius 2 is 2.18 bits per heavy atom. The summed E-state index contributed by atoms with van der Waals surface area (Å²) in [5.41, 5.74) is 1.70. The van der Waals surface area contributed by atoms with E-state index in [0.717, 1.165) is 43.7 Å². The predicted octanol–water partition coefficient (Wildman–Crippen LogP) is 2.08. The first-order valence-electron chi connectivity index (χ1n) is 5.94. The smallest absolute Gasteiger partial charge is 0.254 e. The Bertz CT molecular complexity index is 412. The van der Waals surface area contributed by atoms with Gasteiger partial charge < -0.3 is 10.2 Å². The van der Waals surface area contributed by atoms with Crippen molar-refractivity contribution in [3.05, 3.63) is 34.3 Å². The van der Waals surface area contributed by atoms with Crippen molar-refractivity contribution in [1.82, 2.24) is 10.2 Å². The van der Waals surface area contributed by atoms with Crippen molar-refractivity contribution in [2.45, 2.75) is 13.3 Å². The molecular formula is C13H17ClN2O. The van der Waals surface area contributed by atoms with Crippen LogP contribution in [-0.4, -0.2) is 37.0 Å². The summed E-state index contributed by atoms with van der Waals surface area (Å²) in [4.78, 5) is 14.3. The van der Waals surface area contributed by atoms with Crippen LogP contribution in [-0.2, 0) is 0 Å². The fourth-order valence-electron chi connectivity index (χ4n) is 2.04. The molecule has 0 aliphatic carbocycles. The maximum Gasteiger partial charge on any atom is 0.254 e. The molecule has 2 rings (SSSR count). The van der Waals surface area contributed by atoms with Crippen LogP contribution in [0.5, 0.6) is 0 Å². The Labute approximate surface area is 107 Å². The highest BCUT2D eigenvalue weighted by Gasteiger charge is 2.18. The number of benzene rings is 1. The van der Waals surface area contributed by atoms with Crippen molar-refractivity contribution in [3.63, 3.8) is 0 Å². The normalized spacial score (nSPS) is 16.7. The van der Waals surface area contributed by atoms with Gasteiger partial charge in [0.05, 0.1) is 0 Å². The first-order valence-corrected chi connectivity index (χ1v) is 6.32. The van der Waals surface area contributed by atoms with E-state index in [1.807, 2.05) is 24.0 Å². The minimum atomic E-state index is 0.0914. The van der Waals surface area contributed by atoms with Gasteiger partial charge >= 0.3 is 0 Å². The molecular weight excluding hydrogens is 236 g/mol. The quantitative estimate of drug-likeness (QED) is 0.830. The highest BCUT2D eigenvalue weighted by atomic mass is 35.5. The first-order chi connectivity index (χ1) is 8.18. The Morgan fingerprint density at radius 3 is 3.00 bits per heavy atom. The third kappa shape index (κ3) is 2.99. The molecule has 1 aliphatic rings. The number of aryl methyl sites for hydroxylation is 1. The van der Waals surface area contributed by atoms with Gasteiger partial charge in [-0.3, -0.25) is 4.79 Å². The van der Waals surface area contributed by atoms with Crippen LogP contribution in [0.3, 0.4) is 0 Å². The third-order valence-corrected chi connectivity index (χ3v) is 3.29. The summed E-state index contributed by atoms with van der Waals surface area (Å²) in [5, 5.41) is 3.91. The lowest BCUT2D eigenvalue weighted by molar-refractivity contribution is 0.0765. The van der Waals surface area contributed by atoms with Gasteiger partial charge in [0.25, 0.3) is 5.91 Å². The van der Waals surface area contributed by atoms with Crippen LogP contribution >= 0.6 is 11.6 Å². The monoisotopic (exact) mass is 252 g/mol. The van der Waals surface area contributed by atoms with Crippen LogP contribution < -0.4 is 5.32 Å². The summed E-state index contributed by atoms with van der Waals surface area (Å²) in [6.45, 7) is 5.38. The predicted molar refractivity (Wildman–Crippen MR) is 69.6 cm³/mol. The molecule has 17 heavy (non-hydrogen) atoms. The summed E-state index contributed by atoms with van der Waals surface area (Å²) in [6.07, 6.45) is 1.01. The summed E-state index contributed by atoms with van der Waals surface area (Å²) in [5.74, 6) is 0.0914. The lowest BCUT2D eigenvalue weighted by atomic mass is 10.1. The molecule has 1 fully saturated rings. The van der Waals surface area contributed by atoms with Crippen LogP contribution in [0.2, 0.25) is 5.02 Å². The molecule has 0 spiro atoms. The number of carbonyl (C=O) groups is 1. The average Bonchev–Trinajstić information content (AvgIpc) is 2.60. The second kappa shape index (κ2) is 5.52. The third-order valence-electron chi connectivity index (χ3n) is 3.06. The topological polar surface area (TPSA) is 32.3 Å². The van der Waals surface area contributed by atoms with Gasteiger partial charge in [0.2, 0.25) is 0 Å². The van der Waals surface area contributed by atoms with E-state index < -0.39 is 0 Å². The van der Waals surface area contributed by atoms with Gasteiger partial charge in [0.1, 0.15) is 0 Å². The number of amides is 1. The van der Waals surface area contributed by atoms with Crippen molar-refractivity contribution in [2.24, 2.45) is 0 Å². The molecule has 0 bridgehead atoms. The number of nitrogens with zero attached hydrogens (tertiary/aromatic N) is 1. The maximum atomic E-state index is 12.4. The lowest BCUT2D eigenvalue weighted by Gasteiger charge is -2.21. The molecule has 0 saturated carbocycles. The molecule has 4 heteroatoms. The molecule has 1 heterocycles. The van der Waals surface area contributed by atoms with Crippen LogP contribution in [0.4, 0.5) is 0 Å². The molecule has 92 valence electrons. The van der Waals surface area contributed by atoms with Gasteiger partial charge in [0.15, 0.2) is 0 Å². The number of rotatable bonds is 1. The number of hydrogen-bond donors (Lipinski definition) is 1. The molecule has 0 radical (unpaired) electrons. The fraction of sp³-hybridized carbons (Fsp3) is 0.462. The van der Waals surface area contributed by atoms with E-state index in [2.05, 4.69) is 5.32 Å². The second-order valence-corrected chi connectivity index (χ2v) is 4.79. The Morgan fingerprint density at radius 1 is 1.35 bits per heavy atom. The number of hydrogen-bond acceptors (Lipinski definition) is 2. The van der Waals surface area contributed by atoms with E-state index in [9.17, 15) is 4.79 Å². The molecule has 0 aromatic heterocycles. The average molecular weight is 253 g/mol. The molecule has 0 unspecified atom stereocenters. The Kier molecular flexibility index (Phi) is 4.02. The number of halogens is 1. The lowest BCUT2D eigenvalue weighted by Crippen LogP contribution is -2.34. The highest BCUT2D eigenvalue weighted by Crippen LogP contribution is 2.17. The molecule has 1 aliphatic heterocycles. The zero-order valence-electron chi connectivity index (χ0n) is 10.0. The fourth-order valence-corrected chi connectivity index (χ4v) is 2.22. The van der Waals surface area contributed by atoms with Crippen molar-refractivity contribution < 1.29 is 4.79 Å². The van der Waals surface area contributed by atoms with Gasteiger partial charge in [-0.25, -0.2) is 0 Å². The van der Waals surface area contributed by atoms with Crippen LogP contribution in [0, 0.1) is 6.92 Å². The van der Waals surface area contributed by atoms with Crippen molar-refractivity contribution in [1.29, 1.82) is 0 Å². The molecule has 3 nitrogen and oxygen atoms in total. The van der Waals surface area contributed by atoms with E-state index in [4.69, 9.17) is 11.6 Å². The first kappa shape index (κ1) is 12.4. The molecule has 1 amide bonds. The van der Waals surface area contributed by atoms with E-state index in [1.54, 1.807) is 6.07 Å². The minimum Gasteiger partial charge on any atom is -0.337 e. The van der Waals surface area contributed by atoms with E-state index in [1.165, 1.54) is 0 Å². The zero-order chi connectivity index (χ0) is 12.3. The standard InChI is InChI=1S/C13H17ClN2O/c1-10-3-4-11(14)9-12(10)13(17)16-7-2-5-15-6-8-16/h3-4,9,15H,2,5-8H2,1H3. The maximum absolute atomic E-state index is 12.4. The summed E-state index contributed by atoms with van der Waals surface area (Å²) >= 11 is 5.95. The van der Waals surface area contributed by atoms with Crippen LogP contribution in [0.1, 0.15) is 22.3 Å². The van der Waals surface area contributed by atoms with E-state index in [-0.39, 0.29) is 5.91 Å². The molecule has 0 atom stereocenters. The molecule has 1 saturated heterocycles. The largest absolute Gasteiger partial charge is 0.337 e. The van der Waals surface area contributed by atoms with Gasteiger partial charge in [0, 0.05) is 30.2 Å². The van der Waals surface area contributed by atoms with Crippen molar-refractivity contribution in [3.8, 4) is 0 Å². The van der Waals surface area contributed by atoms with Crippen molar-refractivity contribution in [2.75, 3.05) is 26.2 Å². The molecule has 1 N–H and O–H groups in total. The summed E-state index contributed by atoms with van der Waals surface area (Å²) in [6, 6.07) is 5.47.